The van der Waals surface area contributed by atoms with Crippen LogP contribution in [0.4, 0.5) is 0 Å². The first-order valence-corrected chi connectivity index (χ1v) is 7.74. The molecule has 0 saturated heterocycles. The maximum Gasteiger partial charge on any atom is 0.0495 e. The van der Waals surface area contributed by atoms with Gasteiger partial charge in [0, 0.05) is 137 Å². The van der Waals surface area contributed by atoms with E-state index in [1.807, 2.05) is 0 Å². The summed E-state index contributed by atoms with van der Waals surface area (Å²) in [7, 11) is -14.3. The molecule has 0 aliphatic heterocycles. The molecule has 25 heavy (non-hydrogen) atoms. The Bertz CT molecular complexity index is 393. The zero-order valence-electron chi connectivity index (χ0n) is 9.94. The van der Waals surface area contributed by atoms with Gasteiger partial charge in [-0.3, -0.25) is 0 Å². The molecule has 0 radical (unpaired) electrons. The Morgan fingerprint density at radius 2 is 0.280 bits per heavy atom. The van der Waals surface area contributed by atoms with Gasteiger partial charge in [0.15, 0.2) is 0 Å². The molecule has 0 atom stereocenters. The van der Waals surface area contributed by atoms with Crippen LogP contribution in [0.1, 0.15) is 0 Å². The van der Waals surface area contributed by atoms with Crippen molar-refractivity contribution in [1.82, 2.24) is 0 Å². The Morgan fingerprint density at radius 1 is 0.280 bits per heavy atom. The van der Waals surface area contributed by atoms with Crippen molar-refractivity contribution in [1.29, 1.82) is 0 Å². The number of hydrogen-bond acceptors (Lipinski definition) is 15. The Morgan fingerprint density at radius 3 is 0.280 bits per heavy atom. The van der Waals surface area contributed by atoms with Gasteiger partial charge in [0.25, 0.3) is 0 Å². The number of hydrogen-bond donors (Lipinski definition) is 5. The van der Waals surface area contributed by atoms with Crippen molar-refractivity contribution in [2.24, 2.45) is 0 Å². The topological polar surface area (TPSA) is 272 Å². The van der Waals surface area contributed by atoms with E-state index < -0.39 is 54.9 Å². The second-order valence-corrected chi connectivity index (χ2v) is 3.26. The van der Waals surface area contributed by atoms with Crippen molar-refractivity contribution in [3.8, 4) is 0 Å². The van der Waals surface area contributed by atoms with Gasteiger partial charge in [0.1, 0.15) is 0 Å². The van der Waals surface area contributed by atoms with Crippen LogP contribution in [-0.4, -0.2) is 22.8 Å². The molecule has 0 amide bonds. The molecule has 0 aromatic heterocycles. The van der Waals surface area contributed by atoms with Crippen LogP contribution < -0.4 is 0 Å². The third-order valence-electron chi connectivity index (χ3n) is 0. The van der Waals surface area contributed by atoms with Crippen LogP contribution >= 0.6 is 0 Å². The van der Waals surface area contributed by atoms with E-state index in [9.17, 15) is 0 Å². The van der Waals surface area contributed by atoms with E-state index in [1.54, 1.807) is 0 Å². The van der Waals surface area contributed by atoms with Crippen molar-refractivity contribution in [2.45, 2.75) is 0 Å². The average molecular weight is 699 g/mol. The van der Waals surface area contributed by atoms with Gasteiger partial charge in [-0.2, -0.15) is 0 Å². The third-order valence-corrected chi connectivity index (χ3v) is 0. The van der Waals surface area contributed by atoms with Gasteiger partial charge in [0.2, 0.25) is 0 Å². The Labute approximate surface area is 200 Å². The van der Waals surface area contributed by atoms with Crippen LogP contribution in [-0.2, 0) is 179 Å². The molecule has 0 aliphatic rings. The molecule has 0 spiro atoms. The van der Waals surface area contributed by atoms with Crippen molar-refractivity contribution >= 4 is 54.9 Å². The van der Waals surface area contributed by atoms with E-state index in [0.717, 1.165) is 0 Å². The van der Waals surface area contributed by atoms with Gasteiger partial charge >= 0.3 is 0 Å². The van der Waals surface area contributed by atoms with E-state index in [0.29, 0.717) is 0 Å². The van der Waals surface area contributed by atoms with Crippen molar-refractivity contribution in [3.63, 3.8) is 0 Å². The standard InChI is InChI=1S/5Ni.5HO3S/c;;;;;5*1-4(2)3/h;;;;;5*(H,1,2,3)/q;;;;;5*-1. The zero-order valence-corrected chi connectivity index (χ0v) is 19.0. The predicted molar refractivity (Wildman–Crippen MR) is 56.8 cm³/mol. The molecule has 0 fully saturated rings. The molecule has 5 N–H and O–H groups in total. The van der Waals surface area contributed by atoms with Crippen LogP contribution in [0.3, 0.4) is 0 Å². The van der Waals surface area contributed by atoms with E-state index in [4.69, 9.17) is 64.9 Å². The Balaban J connectivity index is -0.0000000134. The van der Waals surface area contributed by atoms with Crippen LogP contribution in [0.5, 0.6) is 0 Å². The molecule has 0 unspecified atom stereocenters. The summed E-state index contributed by atoms with van der Waals surface area (Å²) in [5.74, 6) is 0. The number of rotatable bonds is 0. The monoisotopic (exact) mass is 695 g/mol. The summed E-state index contributed by atoms with van der Waals surface area (Å²) in [6, 6.07) is 0. The first-order valence-electron chi connectivity index (χ1n) is 2.58. The molecule has 180 valence electrons. The van der Waals surface area contributed by atoms with Gasteiger partial charge in [-0.25, -0.2) is 0 Å². The third kappa shape index (κ3) is 3690. The average Bonchev–Trinajstić information content (AvgIpc) is 1.94. The molecule has 0 aliphatic carbocycles. The molecule has 0 rings (SSSR count). The largest absolute Gasteiger partial charge is 0.439 e. The van der Waals surface area contributed by atoms with E-state index in [2.05, 4.69) is 0 Å². The summed E-state index contributed by atoms with van der Waals surface area (Å²) in [5, 5.41) is 0. The van der Waals surface area contributed by atoms with Crippen LogP contribution in [0.15, 0.2) is 0 Å². The van der Waals surface area contributed by atoms with E-state index in [-0.39, 0.29) is 82.5 Å². The van der Waals surface area contributed by atoms with Crippen LogP contribution in [0, 0.1) is 0 Å². The van der Waals surface area contributed by atoms with Gasteiger partial charge in [-0.1, -0.05) is 0 Å². The summed E-state index contributed by atoms with van der Waals surface area (Å²) >= 11 is 0. The molecule has 0 aromatic rings. The predicted octanol–water partition coefficient (Wildman–Crippen LogP) is -1.17. The van der Waals surface area contributed by atoms with E-state index in [1.165, 1.54) is 0 Å². The molecular formula is H5Ni5O15S5-5. The zero-order chi connectivity index (χ0) is 17.9. The van der Waals surface area contributed by atoms with E-state index >= 15 is 0 Å². The molecule has 0 saturated carbocycles. The quantitative estimate of drug-likeness (QED) is 0.0863. The molecule has 15 nitrogen and oxygen atoms in total. The van der Waals surface area contributed by atoms with Crippen LogP contribution in [0.25, 0.3) is 0 Å². The SMILES string of the molecule is O=[S-](=O)O.O=[S-](=O)O.O=[S-](=O)O.O=[S-](=O)O.O=[S-](=O)O.[Ni].[Ni].[Ni].[Ni].[Ni]. The molecule has 0 aromatic carbocycles. The maximum atomic E-state index is 8.56. The summed E-state index contributed by atoms with van der Waals surface area (Å²) < 4.78 is 120. The van der Waals surface area contributed by atoms with Crippen molar-refractivity contribution in [2.75, 3.05) is 0 Å². The molecular weight excluding hydrogens is 694 g/mol. The fourth-order valence-corrected chi connectivity index (χ4v) is 0. The Hall–Kier alpha value is 2.02. The fourth-order valence-electron chi connectivity index (χ4n) is 0. The maximum absolute atomic E-state index is 8.56. The second-order valence-electron chi connectivity index (χ2n) is 1.09. The second kappa shape index (κ2) is 56.2. The van der Waals surface area contributed by atoms with Crippen LogP contribution in [0.2, 0.25) is 0 Å². The van der Waals surface area contributed by atoms with Crippen molar-refractivity contribution in [3.05, 3.63) is 0 Å². The fraction of sp³-hybridized carbons (Fsp3) is 0. The summed E-state index contributed by atoms with van der Waals surface area (Å²) in [6.45, 7) is 0. The minimum atomic E-state index is -2.86. The van der Waals surface area contributed by atoms with Crippen molar-refractivity contribution < 1.29 is 147 Å². The minimum Gasteiger partial charge on any atom is -0.439 e. The summed E-state index contributed by atoms with van der Waals surface area (Å²) in [6.07, 6.45) is 0. The van der Waals surface area contributed by atoms with Gasteiger partial charge in [-0.05, 0) is 0 Å². The van der Waals surface area contributed by atoms with Gasteiger partial charge in [-0.15, -0.1) is 0 Å². The van der Waals surface area contributed by atoms with Gasteiger partial charge < -0.3 is 64.9 Å². The first-order chi connectivity index (χ1) is 8.66. The molecule has 0 heterocycles. The molecule has 25 heteroatoms. The summed E-state index contributed by atoms with van der Waals surface area (Å²) in [5.41, 5.74) is 0. The molecule has 0 bridgehead atoms. The Kier molecular flexibility index (Phi) is 142. The first kappa shape index (κ1) is 63.2. The normalized spacial score (nSPS) is 6.80. The summed E-state index contributed by atoms with van der Waals surface area (Å²) in [4.78, 5) is 0. The van der Waals surface area contributed by atoms with Gasteiger partial charge in [0.05, 0.1) is 0 Å². The minimum absolute atomic E-state index is 0. The smallest absolute Gasteiger partial charge is 0.0495 e.